The van der Waals surface area contributed by atoms with Crippen LogP contribution in [0.2, 0.25) is 0 Å². The van der Waals surface area contributed by atoms with Crippen LogP contribution in [0.3, 0.4) is 0 Å². The Balaban J connectivity index is 1.54. The number of aryl methyl sites for hydroxylation is 1. The Labute approximate surface area is 139 Å². The van der Waals surface area contributed by atoms with E-state index in [0.29, 0.717) is 18.6 Å². The van der Waals surface area contributed by atoms with Crippen molar-refractivity contribution < 1.29 is 9.53 Å². The number of nitrogens with zero attached hydrogens (tertiary/aromatic N) is 1. The molecule has 0 bridgehead atoms. The van der Waals surface area contributed by atoms with Crippen LogP contribution in [0, 0.1) is 12.8 Å². The summed E-state index contributed by atoms with van der Waals surface area (Å²) in [7, 11) is 1.77. The maximum Gasteiger partial charge on any atom is 0.234 e. The van der Waals surface area contributed by atoms with E-state index in [4.69, 9.17) is 4.74 Å². The number of hydrogen-bond donors (Lipinski definition) is 1. The molecule has 4 heteroatoms. The summed E-state index contributed by atoms with van der Waals surface area (Å²) in [5, 5.41) is 3.28. The van der Waals surface area contributed by atoms with Gasteiger partial charge in [-0.25, -0.2) is 0 Å². The molecular formula is C19H28N2O2. The molecule has 1 amide bonds. The first kappa shape index (κ1) is 16.5. The van der Waals surface area contributed by atoms with Crippen molar-refractivity contribution in [1.29, 1.82) is 0 Å². The van der Waals surface area contributed by atoms with Gasteiger partial charge >= 0.3 is 0 Å². The quantitative estimate of drug-likeness (QED) is 0.877. The summed E-state index contributed by atoms with van der Waals surface area (Å²) < 4.78 is 5.39. The summed E-state index contributed by atoms with van der Waals surface area (Å²) >= 11 is 0. The second kappa shape index (κ2) is 7.45. The Morgan fingerprint density at radius 3 is 2.43 bits per heavy atom. The third kappa shape index (κ3) is 4.55. The molecule has 1 unspecified atom stereocenters. The predicted molar refractivity (Wildman–Crippen MR) is 91.3 cm³/mol. The Kier molecular flexibility index (Phi) is 5.34. The maximum absolute atomic E-state index is 12.5. The van der Waals surface area contributed by atoms with Gasteiger partial charge in [0.25, 0.3) is 0 Å². The fourth-order valence-corrected chi connectivity index (χ4v) is 3.40. The van der Waals surface area contributed by atoms with Gasteiger partial charge < -0.3 is 10.1 Å². The number of rotatable bonds is 6. The molecule has 1 aliphatic carbocycles. The normalized spacial score (nSPS) is 21.1. The van der Waals surface area contributed by atoms with E-state index >= 15 is 0 Å². The average molecular weight is 316 g/mol. The SMILES string of the molecule is COC1CCN(CC(=O)NC(c2ccc(C)cc2)C2CC2)CC1. The Hall–Kier alpha value is -1.39. The van der Waals surface area contributed by atoms with Gasteiger partial charge in [-0.3, -0.25) is 9.69 Å². The van der Waals surface area contributed by atoms with E-state index in [9.17, 15) is 4.79 Å². The second-order valence-electron chi connectivity index (χ2n) is 7.00. The molecule has 1 aliphatic heterocycles. The van der Waals surface area contributed by atoms with E-state index in [2.05, 4.69) is 41.4 Å². The number of likely N-dealkylation sites (tertiary alicyclic amines) is 1. The van der Waals surface area contributed by atoms with Crippen LogP contribution < -0.4 is 5.32 Å². The fourth-order valence-electron chi connectivity index (χ4n) is 3.40. The summed E-state index contributed by atoms with van der Waals surface area (Å²) in [4.78, 5) is 14.7. The van der Waals surface area contributed by atoms with Gasteiger partial charge in [0.05, 0.1) is 18.7 Å². The lowest BCUT2D eigenvalue weighted by Crippen LogP contribution is -2.44. The van der Waals surface area contributed by atoms with Gasteiger partial charge in [-0.05, 0) is 44.1 Å². The van der Waals surface area contributed by atoms with Crippen LogP contribution >= 0.6 is 0 Å². The van der Waals surface area contributed by atoms with Crippen molar-refractivity contribution >= 4 is 5.91 Å². The number of ether oxygens (including phenoxy) is 1. The molecule has 2 fully saturated rings. The van der Waals surface area contributed by atoms with E-state index < -0.39 is 0 Å². The summed E-state index contributed by atoms with van der Waals surface area (Å²) in [6.07, 6.45) is 4.85. The number of amides is 1. The van der Waals surface area contributed by atoms with Gasteiger partial charge in [-0.15, -0.1) is 0 Å². The van der Waals surface area contributed by atoms with E-state index in [1.807, 2.05) is 0 Å². The number of nitrogens with one attached hydrogen (secondary N) is 1. The third-order valence-corrected chi connectivity index (χ3v) is 5.08. The topological polar surface area (TPSA) is 41.6 Å². The number of hydrogen-bond acceptors (Lipinski definition) is 3. The predicted octanol–water partition coefficient (Wildman–Crippen LogP) is 2.67. The lowest BCUT2D eigenvalue weighted by atomic mass is 10.0. The van der Waals surface area contributed by atoms with Crippen LogP contribution in [-0.2, 0) is 9.53 Å². The highest BCUT2D eigenvalue weighted by Gasteiger charge is 2.33. The van der Waals surface area contributed by atoms with E-state index in [1.54, 1.807) is 7.11 Å². The van der Waals surface area contributed by atoms with Crippen molar-refractivity contribution in [2.75, 3.05) is 26.7 Å². The standard InChI is InChI=1S/C19H28N2O2/c1-14-3-5-15(6-4-14)19(16-7-8-16)20-18(22)13-21-11-9-17(23-2)10-12-21/h3-6,16-17,19H,7-13H2,1-2H3,(H,20,22). The molecule has 2 aliphatic rings. The molecule has 1 aromatic rings. The van der Waals surface area contributed by atoms with E-state index in [-0.39, 0.29) is 11.9 Å². The molecular weight excluding hydrogens is 288 g/mol. The third-order valence-electron chi connectivity index (χ3n) is 5.08. The smallest absolute Gasteiger partial charge is 0.234 e. The maximum atomic E-state index is 12.5. The Bertz CT molecular complexity index is 517. The van der Waals surface area contributed by atoms with Gasteiger partial charge in [0.15, 0.2) is 0 Å². The molecule has 1 saturated carbocycles. The van der Waals surface area contributed by atoms with Crippen LogP contribution in [0.15, 0.2) is 24.3 Å². The van der Waals surface area contributed by atoms with Crippen LogP contribution in [0.25, 0.3) is 0 Å². The second-order valence-corrected chi connectivity index (χ2v) is 7.00. The Morgan fingerprint density at radius 1 is 1.22 bits per heavy atom. The molecule has 23 heavy (non-hydrogen) atoms. The first-order valence-corrected chi connectivity index (χ1v) is 8.77. The van der Waals surface area contributed by atoms with Crippen molar-refractivity contribution in [3.05, 3.63) is 35.4 Å². The minimum atomic E-state index is 0.151. The monoisotopic (exact) mass is 316 g/mol. The number of carbonyl (C=O) groups is 1. The first-order chi connectivity index (χ1) is 11.2. The van der Waals surface area contributed by atoms with Crippen LogP contribution in [-0.4, -0.2) is 43.7 Å². The molecule has 1 saturated heterocycles. The molecule has 3 rings (SSSR count). The van der Waals surface area contributed by atoms with Gasteiger partial charge in [0.1, 0.15) is 0 Å². The summed E-state index contributed by atoms with van der Waals surface area (Å²) in [5.74, 6) is 0.763. The minimum absolute atomic E-state index is 0.151. The largest absolute Gasteiger partial charge is 0.381 e. The van der Waals surface area contributed by atoms with Gasteiger partial charge in [0.2, 0.25) is 5.91 Å². The number of benzene rings is 1. The molecule has 1 N–H and O–H groups in total. The molecule has 1 atom stereocenters. The zero-order valence-electron chi connectivity index (χ0n) is 14.3. The molecule has 126 valence electrons. The van der Waals surface area contributed by atoms with Gasteiger partial charge in [0, 0.05) is 20.2 Å². The molecule has 1 heterocycles. The highest BCUT2D eigenvalue weighted by atomic mass is 16.5. The average Bonchev–Trinajstić information content (AvgIpc) is 3.39. The summed E-state index contributed by atoms with van der Waals surface area (Å²) in [5.41, 5.74) is 2.50. The number of carbonyl (C=O) groups excluding carboxylic acids is 1. The van der Waals surface area contributed by atoms with Crippen molar-refractivity contribution in [1.82, 2.24) is 10.2 Å². The lowest BCUT2D eigenvalue weighted by Gasteiger charge is -2.31. The summed E-state index contributed by atoms with van der Waals surface area (Å²) in [6, 6.07) is 8.75. The lowest BCUT2D eigenvalue weighted by molar-refractivity contribution is -0.123. The van der Waals surface area contributed by atoms with E-state index in [0.717, 1.165) is 25.9 Å². The van der Waals surface area contributed by atoms with Crippen LogP contribution in [0.1, 0.15) is 42.9 Å². The van der Waals surface area contributed by atoms with Crippen molar-refractivity contribution in [3.63, 3.8) is 0 Å². The molecule has 0 spiro atoms. The first-order valence-electron chi connectivity index (χ1n) is 8.77. The highest BCUT2D eigenvalue weighted by molar-refractivity contribution is 5.78. The van der Waals surface area contributed by atoms with Crippen LogP contribution in [0.4, 0.5) is 0 Å². The highest BCUT2D eigenvalue weighted by Crippen LogP contribution is 2.41. The van der Waals surface area contributed by atoms with Crippen molar-refractivity contribution in [3.8, 4) is 0 Å². The fraction of sp³-hybridized carbons (Fsp3) is 0.632. The van der Waals surface area contributed by atoms with Crippen molar-refractivity contribution in [2.24, 2.45) is 5.92 Å². The molecule has 0 aromatic heterocycles. The zero-order valence-corrected chi connectivity index (χ0v) is 14.3. The number of methoxy groups -OCH3 is 1. The summed E-state index contributed by atoms with van der Waals surface area (Å²) in [6.45, 7) is 4.50. The number of piperidine rings is 1. The Morgan fingerprint density at radius 2 is 1.87 bits per heavy atom. The minimum Gasteiger partial charge on any atom is -0.381 e. The van der Waals surface area contributed by atoms with Crippen LogP contribution in [0.5, 0.6) is 0 Å². The zero-order chi connectivity index (χ0) is 16.2. The van der Waals surface area contributed by atoms with E-state index in [1.165, 1.54) is 24.0 Å². The molecule has 1 aromatic carbocycles. The van der Waals surface area contributed by atoms with Crippen molar-refractivity contribution in [2.45, 2.75) is 44.8 Å². The molecule has 0 radical (unpaired) electrons. The van der Waals surface area contributed by atoms with Gasteiger partial charge in [-0.1, -0.05) is 29.8 Å². The van der Waals surface area contributed by atoms with Gasteiger partial charge in [-0.2, -0.15) is 0 Å². The molecule has 4 nitrogen and oxygen atoms in total.